The Hall–Kier alpha value is -1.44. The third-order valence-corrected chi connectivity index (χ3v) is 2.45. The highest BCUT2D eigenvalue weighted by Gasteiger charge is 2.18. The molecule has 0 N–H and O–H groups in total. The van der Waals surface area contributed by atoms with E-state index in [2.05, 4.69) is 55.0 Å². The van der Waals surface area contributed by atoms with E-state index in [1.54, 1.807) is 0 Å². The first-order valence-corrected chi connectivity index (χ1v) is 4.45. The zero-order chi connectivity index (χ0) is 9.26. The van der Waals surface area contributed by atoms with Crippen molar-refractivity contribution < 1.29 is 0 Å². The molecule has 64 valence electrons. The average molecular weight is 169 g/mol. The van der Waals surface area contributed by atoms with E-state index in [-0.39, 0.29) is 0 Å². The maximum absolute atomic E-state index is 3.84. The summed E-state index contributed by atoms with van der Waals surface area (Å²) in [4.78, 5) is 2.13. The van der Waals surface area contributed by atoms with E-state index < -0.39 is 0 Å². The van der Waals surface area contributed by atoms with Gasteiger partial charge in [-0.05, 0) is 17.7 Å². The van der Waals surface area contributed by atoms with Gasteiger partial charge in [-0.15, -0.1) is 12.6 Å². The Bertz CT molecular complexity index is 357. The van der Waals surface area contributed by atoms with Crippen molar-refractivity contribution in [3.63, 3.8) is 0 Å². The van der Waals surface area contributed by atoms with Crippen molar-refractivity contribution in [2.75, 3.05) is 11.9 Å². The first-order chi connectivity index (χ1) is 6.33. The van der Waals surface area contributed by atoms with Crippen LogP contribution in [0.15, 0.2) is 49.0 Å². The van der Waals surface area contributed by atoms with Gasteiger partial charge in [-0.2, -0.15) is 0 Å². The lowest BCUT2D eigenvalue weighted by Gasteiger charge is -2.24. The van der Waals surface area contributed by atoms with Crippen LogP contribution in [0.1, 0.15) is 0 Å². The predicted octanol–water partition coefficient (Wildman–Crippen LogP) is 1.62. The summed E-state index contributed by atoms with van der Waals surface area (Å²) >= 11 is 0. The molecule has 1 aromatic carbocycles. The summed E-state index contributed by atoms with van der Waals surface area (Å²) in [6.07, 6.45) is 2.09. The SMILES string of the molecule is C=CB1C=CN(C)c2ccccc21. The van der Waals surface area contributed by atoms with Crippen LogP contribution in [0, 0.1) is 0 Å². The predicted molar refractivity (Wildman–Crippen MR) is 59.6 cm³/mol. The van der Waals surface area contributed by atoms with Crippen LogP contribution in [0.2, 0.25) is 0 Å². The van der Waals surface area contributed by atoms with Crippen LogP contribution in [0.4, 0.5) is 5.69 Å². The summed E-state index contributed by atoms with van der Waals surface area (Å²) in [5.74, 6) is 4.14. The summed E-state index contributed by atoms with van der Waals surface area (Å²) in [5.41, 5.74) is 2.61. The monoisotopic (exact) mass is 169 g/mol. The number of rotatable bonds is 1. The zero-order valence-electron chi connectivity index (χ0n) is 7.77. The molecular formula is C11H12BN. The van der Waals surface area contributed by atoms with Crippen LogP contribution in [0.25, 0.3) is 0 Å². The van der Waals surface area contributed by atoms with Crippen molar-refractivity contribution in [2.45, 2.75) is 0 Å². The molecule has 0 fully saturated rings. The number of fused-ring (bicyclic) bond motifs is 1. The van der Waals surface area contributed by atoms with E-state index in [0.29, 0.717) is 6.71 Å². The average Bonchev–Trinajstić information content (AvgIpc) is 2.19. The molecule has 13 heavy (non-hydrogen) atoms. The molecule has 1 heterocycles. The zero-order valence-corrected chi connectivity index (χ0v) is 7.77. The highest BCUT2D eigenvalue weighted by molar-refractivity contribution is 6.83. The lowest BCUT2D eigenvalue weighted by Crippen LogP contribution is -2.35. The highest BCUT2D eigenvalue weighted by atomic mass is 15.1. The summed E-state index contributed by atoms with van der Waals surface area (Å²) < 4.78 is 0. The van der Waals surface area contributed by atoms with E-state index in [1.807, 2.05) is 5.98 Å². The van der Waals surface area contributed by atoms with Gasteiger partial charge in [0.2, 0.25) is 6.71 Å². The van der Waals surface area contributed by atoms with Crippen LogP contribution >= 0.6 is 0 Å². The normalized spacial score (nSPS) is 14.2. The maximum atomic E-state index is 3.84. The fraction of sp³-hybridized carbons (Fsp3) is 0.0909. The van der Waals surface area contributed by atoms with Gasteiger partial charge in [-0.1, -0.05) is 24.2 Å². The third kappa shape index (κ3) is 1.28. The second kappa shape index (κ2) is 3.13. The number of benzene rings is 1. The Labute approximate surface area is 79.5 Å². The molecule has 2 heteroatoms. The second-order valence-corrected chi connectivity index (χ2v) is 3.27. The minimum atomic E-state index is 0.368. The van der Waals surface area contributed by atoms with Gasteiger partial charge >= 0.3 is 0 Å². The van der Waals surface area contributed by atoms with Crippen molar-refractivity contribution in [2.24, 2.45) is 0 Å². The molecule has 1 aliphatic heterocycles. The minimum Gasteiger partial charge on any atom is -0.353 e. The van der Waals surface area contributed by atoms with Crippen LogP contribution in [0.3, 0.4) is 0 Å². The van der Waals surface area contributed by atoms with Crippen molar-refractivity contribution in [3.05, 3.63) is 49.0 Å². The van der Waals surface area contributed by atoms with Gasteiger partial charge in [0.1, 0.15) is 0 Å². The van der Waals surface area contributed by atoms with Gasteiger partial charge in [-0.3, -0.25) is 0 Å². The van der Waals surface area contributed by atoms with Crippen molar-refractivity contribution in [3.8, 4) is 0 Å². The smallest absolute Gasteiger partial charge is 0.229 e. The van der Waals surface area contributed by atoms with Gasteiger partial charge in [0, 0.05) is 12.7 Å². The van der Waals surface area contributed by atoms with Gasteiger partial charge in [-0.25, -0.2) is 0 Å². The molecule has 0 aromatic heterocycles. The number of para-hydroxylation sites is 1. The van der Waals surface area contributed by atoms with Crippen LogP contribution < -0.4 is 10.4 Å². The molecule has 1 aromatic rings. The molecular weight excluding hydrogens is 157 g/mol. The summed E-state index contributed by atoms with van der Waals surface area (Å²) in [6.45, 7) is 4.21. The van der Waals surface area contributed by atoms with Crippen LogP contribution in [0.5, 0.6) is 0 Å². The minimum absolute atomic E-state index is 0.368. The molecule has 0 unspecified atom stereocenters. The number of anilines is 1. The molecule has 0 saturated carbocycles. The molecule has 2 rings (SSSR count). The third-order valence-electron chi connectivity index (χ3n) is 2.45. The van der Waals surface area contributed by atoms with Crippen molar-refractivity contribution in [1.82, 2.24) is 0 Å². The number of nitrogens with zero attached hydrogens (tertiary/aromatic N) is 1. The van der Waals surface area contributed by atoms with Crippen molar-refractivity contribution >= 4 is 17.9 Å². The largest absolute Gasteiger partial charge is 0.353 e. The van der Waals surface area contributed by atoms with E-state index in [9.17, 15) is 0 Å². The summed E-state index contributed by atoms with van der Waals surface area (Å²) in [7, 11) is 2.06. The van der Waals surface area contributed by atoms with Crippen LogP contribution in [-0.4, -0.2) is 13.8 Å². The topological polar surface area (TPSA) is 3.24 Å². The molecule has 0 radical (unpaired) electrons. The molecule has 0 aliphatic carbocycles. The fourth-order valence-corrected chi connectivity index (χ4v) is 1.70. The Balaban J connectivity index is 2.53. The first kappa shape index (κ1) is 8.18. The number of hydrogen-bond acceptors (Lipinski definition) is 1. The van der Waals surface area contributed by atoms with Gasteiger partial charge in [0.15, 0.2) is 0 Å². The molecule has 1 aliphatic rings. The quantitative estimate of drug-likeness (QED) is 0.577. The Morgan fingerprint density at radius 1 is 1.38 bits per heavy atom. The van der Waals surface area contributed by atoms with E-state index in [1.165, 1.54) is 11.2 Å². The lowest BCUT2D eigenvalue weighted by molar-refractivity contribution is 1.21. The van der Waals surface area contributed by atoms with Crippen molar-refractivity contribution in [1.29, 1.82) is 0 Å². The summed E-state index contributed by atoms with van der Waals surface area (Å²) in [5, 5.41) is 0. The highest BCUT2D eigenvalue weighted by Crippen LogP contribution is 2.15. The van der Waals surface area contributed by atoms with Crippen LogP contribution in [-0.2, 0) is 0 Å². The standard InChI is InChI=1S/C11H12BN/c1-3-12-8-9-13(2)11-7-5-4-6-10(11)12/h3-9H,1H2,2H3. The Kier molecular flexibility index (Phi) is 1.97. The van der Waals surface area contributed by atoms with E-state index >= 15 is 0 Å². The summed E-state index contributed by atoms with van der Waals surface area (Å²) in [6, 6.07) is 8.42. The molecule has 1 nitrogen and oxygen atoms in total. The second-order valence-electron chi connectivity index (χ2n) is 3.27. The molecule has 0 saturated heterocycles. The first-order valence-electron chi connectivity index (χ1n) is 4.45. The Morgan fingerprint density at radius 3 is 2.92 bits per heavy atom. The molecule has 0 atom stereocenters. The lowest BCUT2D eigenvalue weighted by atomic mass is 9.44. The van der Waals surface area contributed by atoms with E-state index in [0.717, 1.165) is 0 Å². The number of hydrogen-bond donors (Lipinski definition) is 0. The van der Waals surface area contributed by atoms with E-state index in [4.69, 9.17) is 0 Å². The molecule has 0 bridgehead atoms. The van der Waals surface area contributed by atoms with Gasteiger partial charge < -0.3 is 4.90 Å². The molecule has 0 spiro atoms. The van der Waals surface area contributed by atoms with Gasteiger partial charge in [0.25, 0.3) is 0 Å². The molecule has 0 amide bonds. The fourth-order valence-electron chi connectivity index (χ4n) is 1.70. The Morgan fingerprint density at radius 2 is 2.15 bits per heavy atom. The maximum Gasteiger partial charge on any atom is 0.229 e. The van der Waals surface area contributed by atoms with Gasteiger partial charge in [0.05, 0.1) is 0 Å².